The van der Waals surface area contributed by atoms with Gasteiger partial charge in [-0.3, -0.25) is 4.79 Å². The van der Waals surface area contributed by atoms with Crippen LogP contribution in [0, 0.1) is 6.92 Å². The minimum Gasteiger partial charge on any atom is -0.356 e. The second-order valence-corrected chi connectivity index (χ2v) is 7.61. The molecule has 2 aromatic carbocycles. The summed E-state index contributed by atoms with van der Waals surface area (Å²) in [7, 11) is 0. The fraction of sp³-hybridized carbons (Fsp3) is 0.190. The van der Waals surface area contributed by atoms with E-state index in [-0.39, 0.29) is 5.91 Å². The number of aryl methyl sites for hydroxylation is 3. The Bertz CT molecular complexity index is 1100. The van der Waals surface area contributed by atoms with Gasteiger partial charge in [0, 0.05) is 34.5 Å². The van der Waals surface area contributed by atoms with E-state index in [9.17, 15) is 4.79 Å². The standard InChI is InChI=1S/C21H19N3O2S/c1-13-18(23-21(27-13)15-6-4-3-5-7-15)10-11-19-17-9-8-16(22-14(2)25)12-20(17)26-24-19/h3-9,12H,10-11H2,1-2H3,(H,22,25). The van der Waals surface area contributed by atoms with E-state index in [2.05, 4.69) is 29.5 Å². The Labute approximate surface area is 161 Å². The van der Waals surface area contributed by atoms with Gasteiger partial charge in [-0.1, -0.05) is 35.5 Å². The number of anilines is 1. The zero-order valence-electron chi connectivity index (χ0n) is 15.2. The second-order valence-electron chi connectivity index (χ2n) is 6.41. The quantitative estimate of drug-likeness (QED) is 0.531. The van der Waals surface area contributed by atoms with Crippen molar-refractivity contribution in [2.45, 2.75) is 26.7 Å². The van der Waals surface area contributed by atoms with Crippen LogP contribution in [0.25, 0.3) is 21.5 Å². The van der Waals surface area contributed by atoms with Crippen molar-refractivity contribution in [3.05, 3.63) is 64.8 Å². The first-order valence-corrected chi connectivity index (χ1v) is 9.59. The third kappa shape index (κ3) is 3.75. The number of thiazole rings is 1. The number of hydrogen-bond acceptors (Lipinski definition) is 5. The zero-order chi connectivity index (χ0) is 18.8. The minimum absolute atomic E-state index is 0.109. The highest BCUT2D eigenvalue weighted by atomic mass is 32.1. The van der Waals surface area contributed by atoms with Crippen LogP contribution >= 0.6 is 11.3 Å². The molecule has 0 atom stereocenters. The fourth-order valence-corrected chi connectivity index (χ4v) is 4.02. The van der Waals surface area contributed by atoms with Crippen molar-refractivity contribution in [1.82, 2.24) is 10.1 Å². The number of amides is 1. The van der Waals surface area contributed by atoms with E-state index < -0.39 is 0 Å². The molecule has 1 N–H and O–H groups in total. The van der Waals surface area contributed by atoms with E-state index in [4.69, 9.17) is 9.51 Å². The molecule has 27 heavy (non-hydrogen) atoms. The largest absolute Gasteiger partial charge is 0.356 e. The highest BCUT2D eigenvalue weighted by Gasteiger charge is 2.13. The summed E-state index contributed by atoms with van der Waals surface area (Å²) in [6.07, 6.45) is 1.57. The maximum atomic E-state index is 11.2. The van der Waals surface area contributed by atoms with Crippen molar-refractivity contribution in [1.29, 1.82) is 0 Å². The first kappa shape index (κ1) is 17.4. The molecule has 0 spiro atoms. The molecule has 1 amide bonds. The van der Waals surface area contributed by atoms with E-state index in [0.29, 0.717) is 11.3 Å². The van der Waals surface area contributed by atoms with E-state index in [1.54, 1.807) is 17.4 Å². The predicted octanol–water partition coefficient (Wildman–Crippen LogP) is 5.00. The van der Waals surface area contributed by atoms with Gasteiger partial charge in [-0.05, 0) is 31.9 Å². The molecule has 4 aromatic rings. The maximum absolute atomic E-state index is 11.2. The Balaban J connectivity index is 1.52. The Kier molecular flexibility index (Phi) is 4.73. The number of benzene rings is 2. The van der Waals surface area contributed by atoms with Gasteiger partial charge >= 0.3 is 0 Å². The molecule has 0 bridgehead atoms. The SMILES string of the molecule is CC(=O)Nc1ccc2c(CCc3nc(-c4ccccc4)sc3C)noc2c1. The van der Waals surface area contributed by atoms with Gasteiger partial charge in [0.2, 0.25) is 5.91 Å². The molecule has 4 rings (SSSR count). The summed E-state index contributed by atoms with van der Waals surface area (Å²) in [6.45, 7) is 3.59. The number of aromatic nitrogens is 2. The van der Waals surface area contributed by atoms with Gasteiger partial charge in [0.05, 0.1) is 11.4 Å². The van der Waals surface area contributed by atoms with Gasteiger partial charge < -0.3 is 9.84 Å². The van der Waals surface area contributed by atoms with Gasteiger partial charge in [-0.15, -0.1) is 11.3 Å². The van der Waals surface area contributed by atoms with Gasteiger partial charge in [0.1, 0.15) is 5.01 Å². The fourth-order valence-electron chi connectivity index (χ4n) is 3.05. The summed E-state index contributed by atoms with van der Waals surface area (Å²) in [4.78, 5) is 17.2. The highest BCUT2D eigenvalue weighted by Crippen LogP contribution is 2.29. The summed E-state index contributed by atoms with van der Waals surface area (Å²) in [5.74, 6) is -0.109. The first-order valence-electron chi connectivity index (χ1n) is 8.78. The molecule has 2 aromatic heterocycles. The van der Waals surface area contributed by atoms with Crippen LogP contribution in [0.15, 0.2) is 53.1 Å². The predicted molar refractivity (Wildman–Crippen MR) is 108 cm³/mol. The highest BCUT2D eigenvalue weighted by molar-refractivity contribution is 7.15. The lowest BCUT2D eigenvalue weighted by atomic mass is 10.1. The molecule has 0 unspecified atom stereocenters. The van der Waals surface area contributed by atoms with Crippen LogP contribution in [0.4, 0.5) is 5.69 Å². The Morgan fingerprint density at radius 3 is 2.67 bits per heavy atom. The van der Waals surface area contributed by atoms with Crippen molar-refractivity contribution in [2.75, 3.05) is 5.32 Å². The van der Waals surface area contributed by atoms with E-state index >= 15 is 0 Å². The van der Waals surface area contributed by atoms with Crippen molar-refractivity contribution in [2.24, 2.45) is 0 Å². The Hall–Kier alpha value is -2.99. The number of rotatable bonds is 5. The number of nitrogens with zero attached hydrogens (tertiary/aromatic N) is 2. The van der Waals surface area contributed by atoms with E-state index in [1.165, 1.54) is 11.8 Å². The molecule has 5 nitrogen and oxygen atoms in total. The normalized spacial score (nSPS) is 11.0. The van der Waals surface area contributed by atoms with Crippen molar-refractivity contribution in [3.8, 4) is 10.6 Å². The van der Waals surface area contributed by atoms with Crippen molar-refractivity contribution in [3.63, 3.8) is 0 Å². The third-order valence-corrected chi connectivity index (χ3v) is 5.44. The Morgan fingerprint density at radius 2 is 1.89 bits per heavy atom. The molecular weight excluding hydrogens is 358 g/mol. The number of carbonyl (C=O) groups excluding carboxylic acids is 1. The number of nitrogens with one attached hydrogen (secondary N) is 1. The second kappa shape index (κ2) is 7.32. The maximum Gasteiger partial charge on any atom is 0.221 e. The average molecular weight is 377 g/mol. The monoisotopic (exact) mass is 377 g/mol. The van der Waals surface area contributed by atoms with Crippen molar-refractivity contribution < 1.29 is 9.32 Å². The molecule has 0 saturated heterocycles. The summed E-state index contributed by atoms with van der Waals surface area (Å²) in [6, 6.07) is 15.8. The molecule has 0 aliphatic heterocycles. The topological polar surface area (TPSA) is 68.0 Å². The number of fused-ring (bicyclic) bond motifs is 1. The van der Waals surface area contributed by atoms with Gasteiger partial charge in [0.15, 0.2) is 5.58 Å². The van der Waals surface area contributed by atoms with E-state index in [1.807, 2.05) is 30.3 Å². The molecule has 136 valence electrons. The lowest BCUT2D eigenvalue weighted by Gasteiger charge is -2.01. The molecule has 6 heteroatoms. The van der Waals surface area contributed by atoms with Gasteiger partial charge in [0.25, 0.3) is 0 Å². The summed E-state index contributed by atoms with van der Waals surface area (Å²) >= 11 is 1.72. The minimum atomic E-state index is -0.109. The van der Waals surface area contributed by atoms with Crippen molar-refractivity contribution >= 4 is 33.9 Å². The zero-order valence-corrected chi connectivity index (χ0v) is 16.0. The van der Waals surface area contributed by atoms with Crippen LogP contribution in [0.3, 0.4) is 0 Å². The molecule has 0 aliphatic carbocycles. The third-order valence-electron chi connectivity index (χ3n) is 4.38. The summed E-state index contributed by atoms with van der Waals surface area (Å²) in [5, 5.41) is 8.99. The molecule has 0 saturated carbocycles. The van der Waals surface area contributed by atoms with Crippen LogP contribution < -0.4 is 5.32 Å². The Morgan fingerprint density at radius 1 is 1.11 bits per heavy atom. The lowest BCUT2D eigenvalue weighted by molar-refractivity contribution is -0.114. The summed E-state index contributed by atoms with van der Waals surface area (Å²) < 4.78 is 5.45. The van der Waals surface area contributed by atoms with Crippen LogP contribution in [-0.2, 0) is 17.6 Å². The summed E-state index contributed by atoms with van der Waals surface area (Å²) in [5.41, 5.74) is 4.55. The van der Waals surface area contributed by atoms with Crippen LogP contribution in [0.5, 0.6) is 0 Å². The van der Waals surface area contributed by atoms with Crippen LogP contribution in [0.2, 0.25) is 0 Å². The molecule has 0 aliphatic rings. The van der Waals surface area contributed by atoms with E-state index in [0.717, 1.165) is 40.2 Å². The molecule has 0 fully saturated rings. The molecule has 2 heterocycles. The first-order chi connectivity index (χ1) is 13.1. The van der Waals surface area contributed by atoms with Gasteiger partial charge in [-0.25, -0.2) is 4.98 Å². The average Bonchev–Trinajstić information content (AvgIpc) is 3.23. The molecular formula is C21H19N3O2S. The number of carbonyl (C=O) groups is 1. The van der Waals surface area contributed by atoms with Crippen LogP contribution in [-0.4, -0.2) is 16.0 Å². The van der Waals surface area contributed by atoms with Gasteiger partial charge in [-0.2, -0.15) is 0 Å². The number of hydrogen-bond donors (Lipinski definition) is 1. The van der Waals surface area contributed by atoms with Crippen LogP contribution in [0.1, 0.15) is 23.2 Å². The molecule has 0 radical (unpaired) electrons. The smallest absolute Gasteiger partial charge is 0.221 e. The lowest BCUT2D eigenvalue weighted by Crippen LogP contribution is -2.05.